The van der Waals surface area contributed by atoms with Crippen LogP contribution in [0.4, 0.5) is 5.69 Å². The van der Waals surface area contributed by atoms with Crippen LogP contribution in [0.3, 0.4) is 0 Å². The van der Waals surface area contributed by atoms with Crippen molar-refractivity contribution in [2.45, 2.75) is 25.7 Å². The summed E-state index contributed by atoms with van der Waals surface area (Å²) < 4.78 is 1.15. The highest BCUT2D eigenvalue weighted by Crippen LogP contribution is 2.27. The third-order valence-corrected chi connectivity index (χ3v) is 5.16. The third-order valence-electron chi connectivity index (χ3n) is 3.26. The second-order valence-electron chi connectivity index (χ2n) is 4.63. The molecule has 0 spiro atoms. The van der Waals surface area contributed by atoms with Crippen LogP contribution >= 0.6 is 27.7 Å². The molecule has 0 bridgehead atoms. The Bertz CT molecular complexity index is 337. The number of halogens is 1. The molecule has 2 rings (SSSR count). The molecule has 1 fully saturated rings. The molecule has 0 heterocycles. The molecule has 1 aromatic rings. The summed E-state index contributed by atoms with van der Waals surface area (Å²) in [7, 11) is 0. The van der Waals surface area contributed by atoms with Crippen LogP contribution in [-0.4, -0.2) is 18.1 Å². The molecule has 0 radical (unpaired) electrons. The van der Waals surface area contributed by atoms with E-state index in [4.69, 9.17) is 0 Å². The molecule has 1 aliphatic carbocycles. The van der Waals surface area contributed by atoms with Crippen LogP contribution < -0.4 is 5.32 Å². The molecular weight excluding hydrogens is 294 g/mol. The summed E-state index contributed by atoms with van der Waals surface area (Å²) in [6.45, 7) is 1.06. The highest BCUT2D eigenvalue weighted by molar-refractivity contribution is 9.10. The average molecular weight is 314 g/mol. The van der Waals surface area contributed by atoms with Crippen molar-refractivity contribution in [2.75, 3.05) is 23.4 Å². The van der Waals surface area contributed by atoms with Crippen molar-refractivity contribution < 1.29 is 0 Å². The molecular formula is C14H20BrNS. The molecule has 3 heteroatoms. The van der Waals surface area contributed by atoms with Crippen molar-refractivity contribution >= 4 is 33.4 Å². The highest BCUT2D eigenvalue weighted by atomic mass is 79.9. The minimum absolute atomic E-state index is 1.00. The number of hydrogen-bond acceptors (Lipinski definition) is 2. The third kappa shape index (κ3) is 4.55. The summed E-state index contributed by atoms with van der Waals surface area (Å²) >= 11 is 5.65. The van der Waals surface area contributed by atoms with E-state index >= 15 is 0 Å². The van der Waals surface area contributed by atoms with Crippen molar-refractivity contribution in [3.8, 4) is 0 Å². The zero-order chi connectivity index (χ0) is 11.9. The van der Waals surface area contributed by atoms with Gasteiger partial charge < -0.3 is 5.32 Å². The van der Waals surface area contributed by atoms with Gasteiger partial charge in [-0.05, 0) is 52.6 Å². The average Bonchev–Trinajstić information content (AvgIpc) is 2.84. The molecule has 94 valence electrons. The summed E-state index contributed by atoms with van der Waals surface area (Å²) in [4.78, 5) is 0. The summed E-state index contributed by atoms with van der Waals surface area (Å²) in [6.07, 6.45) is 5.84. The minimum Gasteiger partial charge on any atom is -0.383 e. The Morgan fingerprint density at radius 1 is 1.24 bits per heavy atom. The Hall–Kier alpha value is -0.150. The normalized spacial score (nSPS) is 16.3. The predicted molar refractivity (Wildman–Crippen MR) is 81.9 cm³/mol. The number of benzene rings is 1. The molecule has 0 atom stereocenters. The van der Waals surface area contributed by atoms with Crippen LogP contribution in [-0.2, 0) is 0 Å². The maximum Gasteiger partial charge on any atom is 0.0484 e. The van der Waals surface area contributed by atoms with E-state index in [0.717, 1.165) is 16.9 Å². The molecule has 0 aliphatic heterocycles. The van der Waals surface area contributed by atoms with E-state index in [0.29, 0.717) is 0 Å². The van der Waals surface area contributed by atoms with Crippen LogP contribution in [0.5, 0.6) is 0 Å². The molecule has 0 saturated heterocycles. The molecule has 1 N–H and O–H groups in total. The Kier molecular flexibility index (Phi) is 5.72. The molecule has 0 unspecified atom stereocenters. The van der Waals surface area contributed by atoms with Crippen molar-refractivity contribution in [3.63, 3.8) is 0 Å². The van der Waals surface area contributed by atoms with Gasteiger partial charge >= 0.3 is 0 Å². The first-order chi connectivity index (χ1) is 8.36. The zero-order valence-electron chi connectivity index (χ0n) is 10.1. The Labute approximate surface area is 117 Å². The van der Waals surface area contributed by atoms with Gasteiger partial charge in [-0.3, -0.25) is 0 Å². The van der Waals surface area contributed by atoms with Gasteiger partial charge in [0.05, 0.1) is 0 Å². The first kappa shape index (κ1) is 13.3. The second kappa shape index (κ2) is 7.32. The first-order valence-corrected chi connectivity index (χ1v) is 8.37. The van der Waals surface area contributed by atoms with E-state index < -0.39 is 0 Å². The van der Waals surface area contributed by atoms with Gasteiger partial charge in [0.15, 0.2) is 0 Å². The Morgan fingerprint density at radius 3 is 2.76 bits per heavy atom. The number of anilines is 1. The van der Waals surface area contributed by atoms with Gasteiger partial charge in [-0.25, -0.2) is 0 Å². The first-order valence-electron chi connectivity index (χ1n) is 6.42. The van der Waals surface area contributed by atoms with Crippen molar-refractivity contribution in [1.82, 2.24) is 0 Å². The van der Waals surface area contributed by atoms with Crippen LogP contribution in [0.15, 0.2) is 28.7 Å². The van der Waals surface area contributed by atoms with Gasteiger partial charge in [0.25, 0.3) is 0 Å². The lowest BCUT2D eigenvalue weighted by Gasteiger charge is -2.10. The number of para-hydroxylation sites is 1. The minimum atomic E-state index is 1.00. The monoisotopic (exact) mass is 313 g/mol. The molecule has 1 aliphatic rings. The molecule has 0 aromatic heterocycles. The highest BCUT2D eigenvalue weighted by Gasteiger charge is 2.14. The molecule has 17 heavy (non-hydrogen) atoms. The number of hydrogen-bond donors (Lipinski definition) is 1. The lowest BCUT2D eigenvalue weighted by Crippen LogP contribution is -2.06. The summed E-state index contributed by atoms with van der Waals surface area (Å²) in [5, 5.41) is 3.47. The van der Waals surface area contributed by atoms with E-state index in [9.17, 15) is 0 Å². The van der Waals surface area contributed by atoms with E-state index in [1.54, 1.807) is 0 Å². The van der Waals surface area contributed by atoms with Crippen LogP contribution in [0, 0.1) is 5.92 Å². The maximum absolute atomic E-state index is 3.55. The van der Waals surface area contributed by atoms with Gasteiger partial charge in [0.1, 0.15) is 0 Å². The van der Waals surface area contributed by atoms with Gasteiger partial charge in [-0.1, -0.05) is 25.0 Å². The quantitative estimate of drug-likeness (QED) is 0.758. The summed E-state index contributed by atoms with van der Waals surface area (Å²) in [5.74, 6) is 3.57. The molecule has 0 amide bonds. The van der Waals surface area contributed by atoms with Crippen molar-refractivity contribution in [3.05, 3.63) is 28.7 Å². The topological polar surface area (TPSA) is 12.0 Å². The van der Waals surface area contributed by atoms with E-state index in [-0.39, 0.29) is 0 Å². The fourth-order valence-corrected chi connectivity index (χ4v) is 3.79. The van der Waals surface area contributed by atoms with Gasteiger partial charge in [-0.15, -0.1) is 0 Å². The maximum atomic E-state index is 3.55. The number of rotatable bonds is 6. The van der Waals surface area contributed by atoms with E-state index in [1.165, 1.54) is 42.9 Å². The fraction of sp³-hybridized carbons (Fsp3) is 0.571. The lowest BCUT2D eigenvalue weighted by atomic mass is 10.1. The zero-order valence-corrected chi connectivity index (χ0v) is 12.5. The Morgan fingerprint density at radius 2 is 2.00 bits per heavy atom. The number of nitrogens with one attached hydrogen (secondary N) is 1. The summed E-state index contributed by atoms with van der Waals surface area (Å²) in [6, 6.07) is 8.31. The largest absolute Gasteiger partial charge is 0.383 e. The van der Waals surface area contributed by atoms with Gasteiger partial charge in [-0.2, -0.15) is 11.8 Å². The SMILES string of the molecule is Brc1ccccc1NCCSCC1CCCC1. The van der Waals surface area contributed by atoms with Crippen LogP contribution in [0.2, 0.25) is 0 Å². The smallest absolute Gasteiger partial charge is 0.0484 e. The predicted octanol–water partition coefficient (Wildman–Crippen LogP) is 4.78. The Balaban J connectivity index is 1.58. The van der Waals surface area contributed by atoms with Crippen LogP contribution in [0.1, 0.15) is 25.7 Å². The lowest BCUT2D eigenvalue weighted by molar-refractivity contribution is 0.623. The standard InChI is InChI=1S/C14H20BrNS/c15-13-7-3-4-8-14(13)16-9-10-17-11-12-5-1-2-6-12/h3-4,7-8,12,16H,1-2,5-6,9-11H2. The van der Waals surface area contributed by atoms with Crippen molar-refractivity contribution in [2.24, 2.45) is 5.92 Å². The molecule has 1 nitrogen and oxygen atoms in total. The summed E-state index contributed by atoms with van der Waals surface area (Å²) in [5.41, 5.74) is 1.20. The van der Waals surface area contributed by atoms with Crippen molar-refractivity contribution in [1.29, 1.82) is 0 Å². The van der Waals surface area contributed by atoms with E-state index in [2.05, 4.69) is 51.2 Å². The fourth-order valence-electron chi connectivity index (χ4n) is 2.29. The molecule has 1 aromatic carbocycles. The molecule has 1 saturated carbocycles. The van der Waals surface area contributed by atoms with Gasteiger partial charge in [0.2, 0.25) is 0 Å². The van der Waals surface area contributed by atoms with Crippen LogP contribution in [0.25, 0.3) is 0 Å². The number of thioether (sulfide) groups is 1. The second-order valence-corrected chi connectivity index (χ2v) is 6.64. The van der Waals surface area contributed by atoms with Gasteiger partial charge in [0, 0.05) is 22.5 Å². The van der Waals surface area contributed by atoms with E-state index in [1.807, 2.05) is 6.07 Å².